The van der Waals surface area contributed by atoms with Crippen molar-refractivity contribution in [3.05, 3.63) is 29.3 Å². The Balaban J connectivity index is 2.42. The summed E-state index contributed by atoms with van der Waals surface area (Å²) in [6.07, 6.45) is 5.45. The molecule has 110 valence electrons. The van der Waals surface area contributed by atoms with Gasteiger partial charge in [0.25, 0.3) is 0 Å². The van der Waals surface area contributed by atoms with Crippen LogP contribution in [0.4, 0.5) is 0 Å². The Labute approximate surface area is 125 Å². The third-order valence-electron chi connectivity index (χ3n) is 4.07. The number of terminal acetylenes is 1. The quantitative estimate of drug-likeness (QED) is 0.472. The Morgan fingerprint density at radius 1 is 1.19 bits per heavy atom. The number of carbonyl (C=O) groups excluding carboxylic acids is 1. The van der Waals surface area contributed by atoms with Crippen LogP contribution in [0.15, 0.2) is 18.2 Å². The molecule has 5 heteroatoms. The van der Waals surface area contributed by atoms with E-state index < -0.39 is 24.3 Å². The highest BCUT2D eigenvalue weighted by atomic mass is 16.7. The van der Waals surface area contributed by atoms with E-state index in [1.807, 2.05) is 27.7 Å². The number of rotatable bonds is 2. The zero-order chi connectivity index (χ0) is 15.8. The van der Waals surface area contributed by atoms with Crippen LogP contribution in [0.3, 0.4) is 0 Å². The first-order valence-electron chi connectivity index (χ1n) is 6.76. The van der Waals surface area contributed by atoms with Gasteiger partial charge in [0.15, 0.2) is 0 Å². The van der Waals surface area contributed by atoms with Gasteiger partial charge in [0.1, 0.15) is 0 Å². The van der Waals surface area contributed by atoms with Gasteiger partial charge in [-0.2, -0.15) is 0 Å². The number of benzene rings is 1. The second-order valence-electron chi connectivity index (χ2n) is 6.07. The number of esters is 1. The minimum atomic E-state index is -0.563. The first kappa shape index (κ1) is 15.6. The van der Waals surface area contributed by atoms with Crippen LogP contribution in [-0.4, -0.2) is 31.4 Å². The summed E-state index contributed by atoms with van der Waals surface area (Å²) < 4.78 is 16.7. The maximum atomic E-state index is 11.7. The number of carbonyl (C=O) groups is 1. The predicted octanol–water partition coefficient (Wildman–Crippen LogP) is 1.75. The van der Waals surface area contributed by atoms with Gasteiger partial charge in [-0.15, -0.1) is 6.42 Å². The molecule has 0 saturated carbocycles. The monoisotopic (exact) mass is 286 g/mol. The summed E-state index contributed by atoms with van der Waals surface area (Å²) in [6.45, 7) is 7.89. The minimum absolute atomic E-state index is 0.387. The Morgan fingerprint density at radius 2 is 1.76 bits per heavy atom. The van der Waals surface area contributed by atoms with E-state index in [1.54, 1.807) is 18.2 Å². The Bertz CT molecular complexity index is 597. The standard InChI is InChI=1S/C16H19BO4/c1-7-11-8-12(14(18)19-6)10-13(9-11)17-20-15(2,3)16(4,5)21-17/h1,8-10H,2-6H3. The zero-order valence-electron chi connectivity index (χ0n) is 13.0. The molecule has 0 N–H and O–H groups in total. The Kier molecular flexibility index (Phi) is 3.88. The zero-order valence-corrected chi connectivity index (χ0v) is 13.0. The summed E-state index contributed by atoms with van der Waals surface area (Å²) in [6, 6.07) is 5.09. The van der Waals surface area contributed by atoms with Gasteiger partial charge in [-0.05, 0) is 51.4 Å². The molecule has 1 heterocycles. The van der Waals surface area contributed by atoms with Crippen molar-refractivity contribution >= 4 is 18.6 Å². The molecule has 0 aromatic heterocycles. The highest BCUT2D eigenvalue weighted by Crippen LogP contribution is 2.36. The van der Waals surface area contributed by atoms with Crippen LogP contribution < -0.4 is 5.46 Å². The first-order chi connectivity index (χ1) is 9.70. The molecule has 1 aliphatic heterocycles. The van der Waals surface area contributed by atoms with E-state index >= 15 is 0 Å². The number of hydrogen-bond acceptors (Lipinski definition) is 4. The van der Waals surface area contributed by atoms with Crippen molar-refractivity contribution < 1.29 is 18.8 Å². The minimum Gasteiger partial charge on any atom is -0.465 e. The van der Waals surface area contributed by atoms with Crippen LogP contribution >= 0.6 is 0 Å². The SMILES string of the molecule is C#Cc1cc(B2OC(C)(C)C(C)(C)O2)cc(C(=O)OC)c1. The predicted molar refractivity (Wildman–Crippen MR) is 81.4 cm³/mol. The van der Waals surface area contributed by atoms with Crippen LogP contribution in [0, 0.1) is 12.3 Å². The summed E-state index contributed by atoms with van der Waals surface area (Å²) in [7, 11) is 0.769. The smallest absolute Gasteiger partial charge is 0.465 e. The summed E-state index contributed by atoms with van der Waals surface area (Å²) >= 11 is 0. The van der Waals surface area contributed by atoms with Gasteiger partial charge in [-0.3, -0.25) is 0 Å². The molecule has 1 aromatic carbocycles. The van der Waals surface area contributed by atoms with Gasteiger partial charge in [0.2, 0.25) is 0 Å². The first-order valence-corrected chi connectivity index (χ1v) is 6.76. The van der Waals surface area contributed by atoms with E-state index in [0.29, 0.717) is 16.6 Å². The second kappa shape index (κ2) is 5.21. The molecule has 1 saturated heterocycles. The number of hydrogen-bond donors (Lipinski definition) is 0. The largest absolute Gasteiger partial charge is 0.494 e. The van der Waals surface area contributed by atoms with E-state index in [4.69, 9.17) is 20.5 Å². The molecule has 1 fully saturated rings. The molecule has 0 radical (unpaired) electrons. The summed E-state index contributed by atoms with van der Waals surface area (Å²) in [5, 5.41) is 0. The van der Waals surface area contributed by atoms with E-state index in [9.17, 15) is 4.79 Å². The van der Waals surface area contributed by atoms with Crippen molar-refractivity contribution in [3.63, 3.8) is 0 Å². The molecule has 4 nitrogen and oxygen atoms in total. The van der Waals surface area contributed by atoms with Crippen LogP contribution in [0.2, 0.25) is 0 Å². The van der Waals surface area contributed by atoms with Crippen molar-refractivity contribution in [3.8, 4) is 12.3 Å². The third kappa shape index (κ3) is 2.83. The summed E-state index contributed by atoms with van der Waals surface area (Å²) in [4.78, 5) is 11.7. The average molecular weight is 286 g/mol. The summed E-state index contributed by atoms with van der Waals surface area (Å²) in [5.41, 5.74) is 0.787. The molecule has 0 spiro atoms. The number of methoxy groups -OCH3 is 1. The maximum Gasteiger partial charge on any atom is 0.494 e. The van der Waals surface area contributed by atoms with Gasteiger partial charge < -0.3 is 14.0 Å². The fourth-order valence-electron chi connectivity index (χ4n) is 2.09. The molecular weight excluding hydrogens is 267 g/mol. The fraction of sp³-hybridized carbons (Fsp3) is 0.438. The lowest BCUT2D eigenvalue weighted by Gasteiger charge is -2.32. The summed E-state index contributed by atoms with van der Waals surface area (Å²) in [5.74, 6) is 2.09. The van der Waals surface area contributed by atoms with Gasteiger partial charge in [0, 0.05) is 5.56 Å². The van der Waals surface area contributed by atoms with Gasteiger partial charge in [0.05, 0.1) is 23.9 Å². The molecule has 0 aliphatic carbocycles. The van der Waals surface area contributed by atoms with Crippen LogP contribution in [0.5, 0.6) is 0 Å². The van der Waals surface area contributed by atoms with Gasteiger partial charge in [-0.1, -0.05) is 5.92 Å². The van der Waals surface area contributed by atoms with Crippen LogP contribution in [-0.2, 0) is 14.0 Å². The van der Waals surface area contributed by atoms with Crippen LogP contribution in [0.25, 0.3) is 0 Å². The topological polar surface area (TPSA) is 44.8 Å². The third-order valence-corrected chi connectivity index (χ3v) is 4.07. The van der Waals surface area contributed by atoms with Crippen LogP contribution in [0.1, 0.15) is 43.6 Å². The Hall–Kier alpha value is -1.77. The van der Waals surface area contributed by atoms with E-state index in [2.05, 4.69) is 5.92 Å². The van der Waals surface area contributed by atoms with Gasteiger partial charge >= 0.3 is 13.1 Å². The van der Waals surface area contributed by atoms with Crippen molar-refractivity contribution in [2.24, 2.45) is 0 Å². The molecule has 21 heavy (non-hydrogen) atoms. The van der Waals surface area contributed by atoms with E-state index in [0.717, 1.165) is 0 Å². The van der Waals surface area contributed by atoms with Crippen molar-refractivity contribution in [2.75, 3.05) is 7.11 Å². The molecule has 0 bridgehead atoms. The van der Waals surface area contributed by atoms with E-state index in [-0.39, 0.29) is 0 Å². The lowest BCUT2D eigenvalue weighted by Crippen LogP contribution is -2.41. The lowest BCUT2D eigenvalue weighted by atomic mass is 9.77. The molecule has 0 atom stereocenters. The molecular formula is C16H19BO4. The average Bonchev–Trinajstić information content (AvgIpc) is 2.66. The van der Waals surface area contributed by atoms with Crippen molar-refractivity contribution in [1.29, 1.82) is 0 Å². The molecule has 0 unspecified atom stereocenters. The van der Waals surface area contributed by atoms with Crippen molar-refractivity contribution in [2.45, 2.75) is 38.9 Å². The molecule has 2 rings (SSSR count). The highest BCUT2D eigenvalue weighted by Gasteiger charge is 2.51. The molecule has 1 aromatic rings. The fourth-order valence-corrected chi connectivity index (χ4v) is 2.09. The highest BCUT2D eigenvalue weighted by molar-refractivity contribution is 6.62. The molecule has 1 aliphatic rings. The second-order valence-corrected chi connectivity index (χ2v) is 6.07. The maximum absolute atomic E-state index is 11.7. The van der Waals surface area contributed by atoms with Crippen molar-refractivity contribution in [1.82, 2.24) is 0 Å². The van der Waals surface area contributed by atoms with E-state index in [1.165, 1.54) is 7.11 Å². The molecule has 0 amide bonds. The lowest BCUT2D eigenvalue weighted by molar-refractivity contribution is 0.00578. The normalized spacial score (nSPS) is 19.1. The number of ether oxygens (including phenoxy) is 1. The Morgan fingerprint density at radius 3 is 2.24 bits per heavy atom. The van der Waals surface area contributed by atoms with Gasteiger partial charge in [-0.25, -0.2) is 4.79 Å².